The average molecular weight is 822 g/mol. The van der Waals surface area contributed by atoms with Crippen molar-refractivity contribution in [3.05, 3.63) is 160 Å². The summed E-state index contributed by atoms with van der Waals surface area (Å²) in [6, 6.07) is 29.5. The maximum absolute atomic E-state index is 12.8. The van der Waals surface area contributed by atoms with Crippen molar-refractivity contribution in [3.63, 3.8) is 0 Å². The number of carbonyl (C=O) groups excluding carboxylic acids is 2. The molecule has 4 aromatic carbocycles. The lowest BCUT2D eigenvalue weighted by Crippen LogP contribution is -2.28. The molecule has 1 amide bonds. The number of rotatable bonds is 15. The highest BCUT2D eigenvalue weighted by Gasteiger charge is 2.34. The van der Waals surface area contributed by atoms with Crippen LogP contribution in [-0.2, 0) is 19.1 Å². The molecule has 0 aromatic heterocycles. The van der Waals surface area contributed by atoms with Crippen LogP contribution in [0.15, 0.2) is 110 Å². The van der Waals surface area contributed by atoms with Crippen LogP contribution in [0.25, 0.3) is 11.3 Å². The zero-order chi connectivity index (χ0) is 43.0. The van der Waals surface area contributed by atoms with Crippen LogP contribution in [0.4, 0.5) is 5.69 Å². The smallest absolute Gasteiger partial charge is 0.238 e. The van der Waals surface area contributed by atoms with E-state index in [2.05, 4.69) is 134 Å². The second-order valence-corrected chi connectivity index (χ2v) is 16.8. The maximum Gasteiger partial charge on any atom is 0.238 e. The van der Waals surface area contributed by atoms with Gasteiger partial charge < -0.3 is 14.3 Å². The van der Waals surface area contributed by atoms with Gasteiger partial charge in [-0.2, -0.15) is 0 Å². The average Bonchev–Trinajstić information content (AvgIpc) is 3.59. The van der Waals surface area contributed by atoms with Gasteiger partial charge >= 0.3 is 0 Å². The summed E-state index contributed by atoms with van der Waals surface area (Å²) in [6.07, 6.45) is 6.85. The molecule has 1 aliphatic heterocycles. The first-order chi connectivity index (χ1) is 27.8. The molecule has 1 saturated heterocycles. The van der Waals surface area contributed by atoms with Crippen LogP contribution in [-0.4, -0.2) is 43.5 Å². The molecule has 0 saturated carbocycles. The van der Waals surface area contributed by atoms with E-state index in [0.717, 1.165) is 46.4 Å². The Bertz CT molecular complexity index is 1900. The Morgan fingerprint density at radius 3 is 2.02 bits per heavy atom. The molecule has 4 aromatic rings. The number of hydrogen-bond acceptors (Lipinski definition) is 6. The van der Waals surface area contributed by atoms with Crippen LogP contribution < -0.4 is 4.90 Å². The van der Waals surface area contributed by atoms with Gasteiger partial charge in [0.25, 0.3) is 0 Å². The lowest BCUT2D eigenvalue weighted by Gasteiger charge is -2.26. The minimum absolute atomic E-state index is 0.00259. The van der Waals surface area contributed by atoms with Gasteiger partial charge in [0.2, 0.25) is 5.91 Å². The summed E-state index contributed by atoms with van der Waals surface area (Å²) in [5.74, 6) is 2.04. The van der Waals surface area contributed by atoms with Crippen LogP contribution in [0.1, 0.15) is 108 Å². The van der Waals surface area contributed by atoms with E-state index in [-0.39, 0.29) is 11.3 Å². The number of benzene rings is 4. The molecule has 1 aliphatic rings. The Hall–Kier alpha value is -4.30. The second kappa shape index (κ2) is 27.4. The Labute approximate surface area is 359 Å². The van der Waals surface area contributed by atoms with Gasteiger partial charge in [0.1, 0.15) is 24.0 Å². The molecule has 5 rings (SSSR count). The van der Waals surface area contributed by atoms with Crippen molar-refractivity contribution in [2.45, 2.75) is 92.7 Å². The van der Waals surface area contributed by atoms with E-state index in [1.807, 2.05) is 50.0 Å². The summed E-state index contributed by atoms with van der Waals surface area (Å²) in [4.78, 5) is 24.9. The van der Waals surface area contributed by atoms with Crippen molar-refractivity contribution in [1.82, 2.24) is 0 Å². The monoisotopic (exact) mass is 821 g/mol. The van der Waals surface area contributed by atoms with Gasteiger partial charge in [-0.1, -0.05) is 116 Å². The molecular formula is C51H67NO4S2. The molecule has 58 heavy (non-hydrogen) atoms. The van der Waals surface area contributed by atoms with E-state index in [0.29, 0.717) is 36.6 Å². The van der Waals surface area contributed by atoms with Crippen LogP contribution in [0.2, 0.25) is 0 Å². The lowest BCUT2D eigenvalue weighted by molar-refractivity contribution is -0.115. The predicted octanol–water partition coefficient (Wildman–Crippen LogP) is 13.8. The quantitative estimate of drug-likeness (QED) is 0.0515. The van der Waals surface area contributed by atoms with Crippen molar-refractivity contribution in [3.8, 4) is 0 Å². The summed E-state index contributed by atoms with van der Waals surface area (Å²) in [5.41, 5.74) is 13.0. The summed E-state index contributed by atoms with van der Waals surface area (Å²) < 4.78 is 11.4. The number of aryl methyl sites for hydroxylation is 5. The number of ether oxygens (including phenoxy) is 2. The molecule has 1 heterocycles. The molecule has 0 N–H and O–H groups in total. The molecule has 7 heteroatoms. The fraction of sp³-hybridized carbons (Fsp3) is 0.373. The molecule has 2 atom stereocenters. The largest absolute Gasteiger partial charge is 0.491 e. The van der Waals surface area contributed by atoms with Crippen molar-refractivity contribution >= 4 is 52.7 Å². The molecule has 5 nitrogen and oxygen atoms in total. The number of thioether (sulfide) groups is 2. The fourth-order valence-electron chi connectivity index (χ4n) is 5.68. The van der Waals surface area contributed by atoms with E-state index in [4.69, 9.17) is 9.47 Å². The van der Waals surface area contributed by atoms with E-state index >= 15 is 0 Å². The topological polar surface area (TPSA) is 55.8 Å². The predicted molar refractivity (Wildman–Crippen MR) is 255 cm³/mol. The first-order valence-electron chi connectivity index (χ1n) is 20.2. The minimum Gasteiger partial charge on any atom is -0.491 e. The number of carbonyl (C=O) groups is 2. The number of aldehydes is 1. The summed E-state index contributed by atoms with van der Waals surface area (Å²) in [5, 5.41) is 0.411. The van der Waals surface area contributed by atoms with E-state index < -0.39 is 0 Å². The van der Waals surface area contributed by atoms with Crippen LogP contribution in [0.5, 0.6) is 0 Å². The van der Waals surface area contributed by atoms with Crippen LogP contribution >= 0.6 is 23.5 Å². The molecule has 0 spiro atoms. The van der Waals surface area contributed by atoms with Crippen molar-refractivity contribution in [2.75, 3.05) is 36.2 Å². The van der Waals surface area contributed by atoms with Crippen molar-refractivity contribution in [1.29, 1.82) is 0 Å². The van der Waals surface area contributed by atoms with Crippen molar-refractivity contribution < 1.29 is 19.1 Å². The fourth-order valence-corrected chi connectivity index (χ4v) is 7.56. The first kappa shape index (κ1) is 49.8. The highest BCUT2D eigenvalue weighted by Crippen LogP contribution is 2.43. The summed E-state index contributed by atoms with van der Waals surface area (Å²) in [6.45, 7) is 30.1. The third kappa shape index (κ3) is 16.9. The van der Waals surface area contributed by atoms with Crippen LogP contribution in [0, 0.1) is 34.6 Å². The summed E-state index contributed by atoms with van der Waals surface area (Å²) in [7, 11) is 0. The molecule has 1 fully saturated rings. The first-order valence-corrected chi connectivity index (χ1v) is 22.3. The highest BCUT2D eigenvalue weighted by molar-refractivity contribution is 8.00. The number of hydrogen-bond donors (Lipinski definition) is 0. The minimum atomic E-state index is 0.00259. The molecular weight excluding hydrogens is 755 g/mol. The Morgan fingerprint density at radius 1 is 0.862 bits per heavy atom. The standard InChI is InChI=1S/C26H31NO3S.C11H14OS.C11H14.C3H8/c1-5-7-14-29-15-16-30-24(6-2)22-12-13-23(20(4)17-22)27-25(28)18-31-26(27)21-10-8-19(3)9-11-21;1-9-3-5-11(6-4-9)10(2)13-8-7-12;1-8(2)11-6-5-9(3)10(4)7-11;1-3-2/h5-6,8-13,17,26H,1,7,14-16,18H2,2-4H3;3-7,10H,8H2,1-2H3;5-7H,1H2,2-4H3;3H2,1-2H3/b24-6+;;;. The Kier molecular flexibility index (Phi) is 23.5. The maximum atomic E-state index is 12.8. The van der Waals surface area contributed by atoms with Gasteiger partial charge in [-0.05, 0) is 119 Å². The van der Waals surface area contributed by atoms with E-state index in [1.54, 1.807) is 23.5 Å². The third-order valence-electron chi connectivity index (χ3n) is 9.15. The molecule has 312 valence electrons. The van der Waals surface area contributed by atoms with Gasteiger partial charge in [-0.25, -0.2) is 0 Å². The van der Waals surface area contributed by atoms with Crippen molar-refractivity contribution in [2.24, 2.45) is 0 Å². The number of amides is 1. The zero-order valence-corrected chi connectivity index (χ0v) is 38.4. The SMILES string of the molecule is C=C(C)c1ccc(C)c(C)c1.C=CCCOCCO/C(=C/C)c1ccc(N2C(=O)CSC2c2ccc(C)cc2)c(C)c1.CCC.Cc1ccc(C(C)SCC=O)cc1. The third-order valence-corrected chi connectivity index (χ3v) is 11.5. The van der Waals surface area contributed by atoms with Crippen LogP contribution in [0.3, 0.4) is 0 Å². The lowest BCUT2D eigenvalue weighted by atomic mass is 10.0. The Morgan fingerprint density at radius 2 is 1.47 bits per heavy atom. The van der Waals surface area contributed by atoms with Gasteiger partial charge in [0, 0.05) is 22.3 Å². The second-order valence-electron chi connectivity index (χ2n) is 14.4. The molecule has 2 unspecified atom stereocenters. The number of anilines is 1. The summed E-state index contributed by atoms with van der Waals surface area (Å²) >= 11 is 3.34. The van der Waals surface area contributed by atoms with Gasteiger partial charge in [-0.3, -0.25) is 9.69 Å². The van der Waals surface area contributed by atoms with Gasteiger partial charge in [0.05, 0.1) is 19.0 Å². The number of nitrogens with zero attached hydrogens (tertiary/aromatic N) is 1. The van der Waals surface area contributed by atoms with E-state index in [1.165, 1.54) is 39.8 Å². The molecule has 0 radical (unpaired) electrons. The Balaban J connectivity index is 0.000000350. The molecule has 0 bridgehead atoms. The van der Waals surface area contributed by atoms with E-state index in [9.17, 15) is 9.59 Å². The van der Waals surface area contributed by atoms with Gasteiger partial charge in [-0.15, -0.1) is 30.1 Å². The zero-order valence-electron chi connectivity index (χ0n) is 36.7. The molecule has 0 aliphatic carbocycles. The highest BCUT2D eigenvalue weighted by atomic mass is 32.2. The number of allylic oxidation sites excluding steroid dienone is 2. The van der Waals surface area contributed by atoms with Gasteiger partial charge in [0.15, 0.2) is 0 Å². The normalized spacial score (nSPS) is 13.8.